The molecule has 1 heterocycles. The van der Waals surface area contributed by atoms with Gasteiger partial charge >= 0.3 is 0 Å². The van der Waals surface area contributed by atoms with E-state index in [9.17, 15) is 16.8 Å². The summed E-state index contributed by atoms with van der Waals surface area (Å²) in [5.41, 5.74) is 1.98. The van der Waals surface area contributed by atoms with Gasteiger partial charge in [0, 0.05) is 25.0 Å². The summed E-state index contributed by atoms with van der Waals surface area (Å²) in [5.74, 6) is -0.0573. The van der Waals surface area contributed by atoms with E-state index in [4.69, 9.17) is 0 Å². The fourth-order valence-corrected chi connectivity index (χ4v) is 5.19. The van der Waals surface area contributed by atoms with Gasteiger partial charge in [-0.1, -0.05) is 49.0 Å². The molecule has 0 amide bonds. The van der Waals surface area contributed by atoms with Crippen LogP contribution in [0.5, 0.6) is 0 Å². The van der Waals surface area contributed by atoms with E-state index in [-0.39, 0.29) is 17.4 Å². The van der Waals surface area contributed by atoms with Crippen molar-refractivity contribution in [3.8, 4) is 11.1 Å². The summed E-state index contributed by atoms with van der Waals surface area (Å²) in [5, 5.41) is 0.852. The van der Waals surface area contributed by atoms with E-state index in [0.717, 1.165) is 16.5 Å². The van der Waals surface area contributed by atoms with Crippen molar-refractivity contribution in [2.75, 3.05) is 19.6 Å². The van der Waals surface area contributed by atoms with E-state index in [0.29, 0.717) is 19.5 Å². The highest BCUT2D eigenvalue weighted by Crippen LogP contribution is 2.26. The van der Waals surface area contributed by atoms with Crippen molar-refractivity contribution >= 4 is 20.0 Å². The lowest BCUT2D eigenvalue weighted by atomic mass is 10.1. The summed E-state index contributed by atoms with van der Waals surface area (Å²) >= 11 is 0. The second kappa shape index (κ2) is 7.93. The summed E-state index contributed by atoms with van der Waals surface area (Å²) in [7, 11) is -7.09. The number of sulfonamides is 2. The van der Waals surface area contributed by atoms with Crippen LogP contribution in [0.3, 0.4) is 0 Å². The zero-order chi connectivity index (χ0) is 19.5. The summed E-state index contributed by atoms with van der Waals surface area (Å²) in [4.78, 5) is 0.245. The van der Waals surface area contributed by atoms with Gasteiger partial charge in [0.1, 0.15) is 0 Å². The Kier molecular flexibility index (Phi) is 5.81. The predicted octanol–water partition coefficient (Wildman–Crippen LogP) is 2.43. The van der Waals surface area contributed by atoms with Crippen LogP contribution in [-0.4, -0.2) is 40.8 Å². The van der Waals surface area contributed by atoms with E-state index in [1.54, 1.807) is 24.3 Å². The Balaban J connectivity index is 1.69. The molecule has 3 rings (SSSR count). The van der Waals surface area contributed by atoms with Gasteiger partial charge < -0.3 is 0 Å². The molecule has 1 N–H and O–H groups in total. The SMILES string of the molecule is C=CS(=O)(=O)NC[C@H]1CCN(S(=O)(=O)c2ccc(-c3ccccc3)cc2)C1. The van der Waals surface area contributed by atoms with Crippen molar-refractivity contribution in [3.63, 3.8) is 0 Å². The van der Waals surface area contributed by atoms with E-state index in [1.807, 2.05) is 30.3 Å². The maximum atomic E-state index is 12.9. The monoisotopic (exact) mass is 406 g/mol. The molecule has 6 nitrogen and oxygen atoms in total. The van der Waals surface area contributed by atoms with Crippen LogP contribution in [0.15, 0.2) is 71.5 Å². The molecular weight excluding hydrogens is 384 g/mol. The van der Waals surface area contributed by atoms with Gasteiger partial charge in [0.05, 0.1) is 4.90 Å². The molecule has 1 atom stereocenters. The number of hydrogen-bond acceptors (Lipinski definition) is 4. The normalized spacial score (nSPS) is 18.4. The second-order valence-corrected chi connectivity index (χ2v) is 10.1. The quantitative estimate of drug-likeness (QED) is 0.765. The lowest BCUT2D eigenvalue weighted by molar-refractivity contribution is 0.455. The number of benzene rings is 2. The molecule has 0 unspecified atom stereocenters. The lowest BCUT2D eigenvalue weighted by Gasteiger charge is -2.17. The molecule has 0 radical (unpaired) electrons. The van der Waals surface area contributed by atoms with E-state index < -0.39 is 20.0 Å². The van der Waals surface area contributed by atoms with Crippen LogP contribution < -0.4 is 4.72 Å². The van der Waals surface area contributed by atoms with Crippen LogP contribution in [0.4, 0.5) is 0 Å². The molecule has 1 aliphatic rings. The Morgan fingerprint density at radius 2 is 1.63 bits per heavy atom. The standard InChI is InChI=1S/C19H22N2O4S2/c1-2-26(22,23)20-14-16-12-13-21(15-16)27(24,25)19-10-8-18(9-11-19)17-6-4-3-5-7-17/h2-11,16,20H,1,12-15H2/t16-/m1/s1. The third kappa shape index (κ3) is 4.65. The fourth-order valence-electron chi connectivity index (χ4n) is 3.07. The Morgan fingerprint density at radius 3 is 2.26 bits per heavy atom. The first-order valence-electron chi connectivity index (χ1n) is 8.59. The Labute approximate surface area is 160 Å². The van der Waals surface area contributed by atoms with Crippen LogP contribution in [0.1, 0.15) is 6.42 Å². The minimum Gasteiger partial charge on any atom is -0.211 e. The average Bonchev–Trinajstić information content (AvgIpc) is 3.17. The second-order valence-electron chi connectivity index (χ2n) is 6.47. The van der Waals surface area contributed by atoms with Crippen LogP contribution in [0.2, 0.25) is 0 Å². The van der Waals surface area contributed by atoms with Gasteiger partial charge in [-0.3, -0.25) is 0 Å². The highest BCUT2D eigenvalue weighted by atomic mass is 32.2. The molecule has 2 aromatic rings. The average molecular weight is 407 g/mol. The van der Waals surface area contributed by atoms with Gasteiger partial charge in [0.25, 0.3) is 0 Å². The first-order valence-corrected chi connectivity index (χ1v) is 11.6. The topological polar surface area (TPSA) is 83.6 Å². The summed E-state index contributed by atoms with van der Waals surface area (Å²) in [6, 6.07) is 16.6. The van der Waals surface area contributed by atoms with Gasteiger partial charge in [-0.05, 0) is 35.6 Å². The van der Waals surface area contributed by atoms with Crippen molar-refractivity contribution in [2.24, 2.45) is 5.92 Å². The zero-order valence-electron chi connectivity index (χ0n) is 14.8. The molecule has 0 bridgehead atoms. The van der Waals surface area contributed by atoms with E-state index in [1.165, 1.54) is 4.31 Å². The van der Waals surface area contributed by atoms with Crippen molar-refractivity contribution in [2.45, 2.75) is 11.3 Å². The van der Waals surface area contributed by atoms with Gasteiger partial charge in [0.15, 0.2) is 0 Å². The largest absolute Gasteiger partial charge is 0.243 e. The summed E-state index contributed by atoms with van der Waals surface area (Å²) in [6.45, 7) is 4.12. The fraction of sp³-hybridized carbons (Fsp3) is 0.263. The molecule has 144 valence electrons. The Morgan fingerprint density at radius 1 is 1.00 bits per heavy atom. The van der Waals surface area contributed by atoms with Crippen molar-refractivity contribution in [1.29, 1.82) is 0 Å². The number of hydrogen-bond donors (Lipinski definition) is 1. The molecule has 1 saturated heterocycles. The Hall–Kier alpha value is -2.00. The maximum absolute atomic E-state index is 12.9. The van der Waals surface area contributed by atoms with E-state index in [2.05, 4.69) is 11.3 Å². The van der Waals surface area contributed by atoms with Gasteiger partial charge in [0.2, 0.25) is 20.0 Å². The summed E-state index contributed by atoms with van der Waals surface area (Å²) < 4.78 is 52.4. The van der Waals surface area contributed by atoms with Crippen molar-refractivity contribution < 1.29 is 16.8 Å². The van der Waals surface area contributed by atoms with Crippen molar-refractivity contribution in [3.05, 3.63) is 66.6 Å². The minimum absolute atomic E-state index is 0.0573. The Bertz CT molecular complexity index is 1000. The van der Waals surface area contributed by atoms with E-state index >= 15 is 0 Å². The summed E-state index contributed by atoms with van der Waals surface area (Å²) in [6.07, 6.45) is 0.612. The lowest BCUT2D eigenvalue weighted by Crippen LogP contribution is -2.32. The third-order valence-electron chi connectivity index (χ3n) is 4.64. The molecule has 0 saturated carbocycles. The van der Waals surface area contributed by atoms with Crippen LogP contribution in [0, 0.1) is 5.92 Å². The predicted molar refractivity (Wildman–Crippen MR) is 106 cm³/mol. The first kappa shape index (κ1) is 19.8. The molecule has 2 aromatic carbocycles. The van der Waals surface area contributed by atoms with Crippen LogP contribution in [0.25, 0.3) is 11.1 Å². The minimum atomic E-state index is -3.59. The van der Waals surface area contributed by atoms with Gasteiger partial charge in [-0.25, -0.2) is 21.6 Å². The molecule has 1 fully saturated rings. The molecular formula is C19H22N2O4S2. The molecule has 0 spiro atoms. The highest BCUT2D eigenvalue weighted by molar-refractivity contribution is 7.92. The van der Waals surface area contributed by atoms with Crippen LogP contribution in [-0.2, 0) is 20.0 Å². The maximum Gasteiger partial charge on any atom is 0.243 e. The highest BCUT2D eigenvalue weighted by Gasteiger charge is 2.32. The van der Waals surface area contributed by atoms with Gasteiger partial charge in [-0.2, -0.15) is 4.31 Å². The number of nitrogens with one attached hydrogen (secondary N) is 1. The smallest absolute Gasteiger partial charge is 0.211 e. The van der Waals surface area contributed by atoms with Gasteiger partial charge in [-0.15, -0.1) is 0 Å². The molecule has 8 heteroatoms. The molecule has 0 aliphatic carbocycles. The van der Waals surface area contributed by atoms with Crippen molar-refractivity contribution in [1.82, 2.24) is 9.03 Å². The first-order chi connectivity index (χ1) is 12.8. The third-order valence-corrected chi connectivity index (χ3v) is 7.53. The number of rotatable bonds is 7. The zero-order valence-corrected chi connectivity index (χ0v) is 16.4. The molecule has 0 aromatic heterocycles. The number of nitrogens with zero attached hydrogens (tertiary/aromatic N) is 1. The molecule has 1 aliphatic heterocycles. The molecule has 27 heavy (non-hydrogen) atoms. The van der Waals surface area contributed by atoms with Crippen LogP contribution >= 0.6 is 0 Å².